The van der Waals surface area contributed by atoms with Gasteiger partial charge in [0.1, 0.15) is 11.5 Å². The maximum absolute atomic E-state index is 6.94. The molecule has 2 aliphatic rings. The van der Waals surface area contributed by atoms with E-state index in [-0.39, 0.29) is 16.2 Å². The third kappa shape index (κ3) is 16.8. The van der Waals surface area contributed by atoms with Gasteiger partial charge in [0.2, 0.25) is 0 Å². The second-order valence-electron chi connectivity index (χ2n) is 21.3. The highest BCUT2D eigenvalue weighted by atomic mass is 16.3. The molecule has 0 unspecified atom stereocenters. The van der Waals surface area contributed by atoms with Crippen molar-refractivity contribution in [2.75, 3.05) is 122 Å². The molecule has 0 atom stereocenters. The van der Waals surface area contributed by atoms with Gasteiger partial charge in [0.05, 0.1) is 0 Å². The minimum absolute atomic E-state index is 0.00557. The summed E-state index contributed by atoms with van der Waals surface area (Å²) in [6, 6.07) is 2.51. The Hall–Kier alpha value is -1.48. The van der Waals surface area contributed by atoms with Crippen molar-refractivity contribution in [3.8, 4) is 0 Å². The number of allylic oxidation sites excluding steroid dienone is 4. The zero-order valence-electron chi connectivity index (χ0n) is 40.4. The van der Waals surface area contributed by atoms with Crippen LogP contribution in [0, 0.1) is 5.41 Å². The zero-order chi connectivity index (χ0) is 42.2. The summed E-state index contributed by atoms with van der Waals surface area (Å²) in [6.45, 7) is 26.2. The average molecular weight is 795 g/mol. The summed E-state index contributed by atoms with van der Waals surface area (Å²) < 4.78 is 6.94. The fourth-order valence-corrected chi connectivity index (χ4v) is 9.20. The topological polar surface area (TPSA) is 32.6 Å². The molecule has 1 aromatic rings. The third-order valence-corrected chi connectivity index (χ3v) is 12.7. The Morgan fingerprint density at radius 2 is 0.877 bits per heavy atom. The fourth-order valence-electron chi connectivity index (χ4n) is 9.20. The van der Waals surface area contributed by atoms with Crippen LogP contribution in [0.5, 0.6) is 0 Å². The highest BCUT2D eigenvalue weighted by Crippen LogP contribution is 2.60. The van der Waals surface area contributed by atoms with Crippen LogP contribution in [0.2, 0.25) is 0 Å². The monoisotopic (exact) mass is 795 g/mol. The van der Waals surface area contributed by atoms with E-state index in [9.17, 15) is 0 Å². The van der Waals surface area contributed by atoms with E-state index in [4.69, 9.17) is 4.42 Å². The van der Waals surface area contributed by atoms with E-state index >= 15 is 0 Å². The Bertz CT molecular complexity index is 1270. The minimum atomic E-state index is 0.00557. The lowest BCUT2D eigenvalue weighted by molar-refractivity contribution is 0.235. The van der Waals surface area contributed by atoms with Crippen LogP contribution in [-0.4, -0.2) is 151 Å². The van der Waals surface area contributed by atoms with Gasteiger partial charge in [-0.25, -0.2) is 0 Å². The van der Waals surface area contributed by atoms with Crippen molar-refractivity contribution in [2.24, 2.45) is 5.41 Å². The van der Waals surface area contributed by atoms with Crippen LogP contribution in [-0.2, 0) is 10.8 Å². The van der Waals surface area contributed by atoms with Crippen molar-refractivity contribution >= 4 is 5.57 Å². The maximum Gasteiger partial charge on any atom is 0.135 e. The second-order valence-corrected chi connectivity index (χ2v) is 21.3. The normalized spacial score (nSPS) is 15.8. The maximum atomic E-state index is 6.94. The van der Waals surface area contributed by atoms with Crippen LogP contribution in [0.15, 0.2) is 27.7 Å². The van der Waals surface area contributed by atoms with E-state index in [1.54, 1.807) is 11.1 Å². The Morgan fingerprint density at radius 3 is 1.25 bits per heavy atom. The number of nitrogens with zero attached hydrogens (tertiary/aromatic N) is 6. The van der Waals surface area contributed by atoms with Gasteiger partial charge < -0.3 is 33.8 Å². The van der Waals surface area contributed by atoms with Gasteiger partial charge in [0.15, 0.2) is 0 Å². The van der Waals surface area contributed by atoms with Gasteiger partial charge >= 0.3 is 0 Å². The third-order valence-electron chi connectivity index (χ3n) is 12.7. The molecule has 0 spiro atoms. The molecule has 7 heteroatoms. The molecule has 2 aliphatic carbocycles. The van der Waals surface area contributed by atoms with E-state index < -0.39 is 0 Å². The summed E-state index contributed by atoms with van der Waals surface area (Å²) in [5, 5.41) is 0. The Labute approximate surface area is 354 Å². The smallest absolute Gasteiger partial charge is 0.135 e. The summed E-state index contributed by atoms with van der Waals surface area (Å²) in [4.78, 5) is 14.8. The molecule has 1 heterocycles. The van der Waals surface area contributed by atoms with E-state index in [2.05, 4.69) is 139 Å². The molecule has 3 rings (SSSR count). The van der Waals surface area contributed by atoms with Crippen LogP contribution in [0.1, 0.15) is 155 Å². The molecular weight excluding hydrogens is 701 g/mol. The molecule has 0 radical (unpaired) electrons. The van der Waals surface area contributed by atoms with E-state index in [1.165, 1.54) is 178 Å². The van der Waals surface area contributed by atoms with Gasteiger partial charge in [0.25, 0.3) is 0 Å². The van der Waals surface area contributed by atoms with Crippen molar-refractivity contribution < 1.29 is 4.42 Å². The Balaban J connectivity index is 1.71. The van der Waals surface area contributed by atoms with Gasteiger partial charge in [-0.2, -0.15) is 0 Å². The second kappa shape index (κ2) is 24.1. The van der Waals surface area contributed by atoms with Crippen molar-refractivity contribution in [1.29, 1.82) is 0 Å². The van der Waals surface area contributed by atoms with E-state index in [0.717, 1.165) is 6.42 Å². The summed E-state index contributed by atoms with van der Waals surface area (Å²) in [6.07, 6.45) is 21.7. The number of unbranched alkanes of at least 4 members (excludes halogenated alkanes) is 6. The van der Waals surface area contributed by atoms with Crippen LogP contribution >= 0.6 is 0 Å². The minimum Gasteiger partial charge on any atom is -0.461 e. The first-order valence-corrected chi connectivity index (χ1v) is 23.5. The molecule has 0 aromatic carbocycles. The molecule has 0 saturated heterocycles. The van der Waals surface area contributed by atoms with Crippen LogP contribution in [0.25, 0.3) is 5.57 Å². The van der Waals surface area contributed by atoms with Crippen molar-refractivity contribution in [3.05, 3.63) is 40.4 Å². The molecule has 0 bridgehead atoms. The molecule has 0 N–H and O–H groups in total. The number of furan rings is 1. The van der Waals surface area contributed by atoms with Gasteiger partial charge in [0, 0.05) is 22.0 Å². The van der Waals surface area contributed by atoms with Gasteiger partial charge in [-0.3, -0.25) is 0 Å². The van der Waals surface area contributed by atoms with Gasteiger partial charge in [-0.05, 0) is 197 Å². The molecule has 330 valence electrons. The first-order valence-electron chi connectivity index (χ1n) is 23.5. The molecule has 0 fully saturated rings. The summed E-state index contributed by atoms with van der Waals surface area (Å²) in [7, 11) is 17.6. The lowest BCUT2D eigenvalue weighted by Crippen LogP contribution is -2.31. The zero-order valence-corrected chi connectivity index (χ0v) is 40.4. The van der Waals surface area contributed by atoms with E-state index in [0.29, 0.717) is 0 Å². The molecule has 7 nitrogen and oxygen atoms in total. The number of hydrogen-bond acceptors (Lipinski definition) is 7. The molecule has 57 heavy (non-hydrogen) atoms. The molecule has 0 amide bonds. The lowest BCUT2D eigenvalue weighted by atomic mass is 9.69. The highest BCUT2D eigenvalue weighted by molar-refractivity contribution is 5.84. The first-order chi connectivity index (χ1) is 26.8. The lowest BCUT2D eigenvalue weighted by Gasteiger charge is -2.33. The van der Waals surface area contributed by atoms with Crippen LogP contribution < -0.4 is 0 Å². The van der Waals surface area contributed by atoms with Crippen molar-refractivity contribution in [3.63, 3.8) is 0 Å². The number of rotatable bonds is 30. The average Bonchev–Trinajstić information content (AvgIpc) is 3.80. The standard InChI is InChI=1S/C50H94N6O/c1-48(2,3)42-39-43-44(40-42)50(45-41-46(49(4,5)6)57-47(43)45,27-19-15-17-21-33-55(35-23-29-51(7)8)36-24-30-52(9)10)28-20-16-18-22-34-56(37-25-31-53(11)12)38-26-32-54(13)14/h40-41H,15-39H2,1-14H3. The fraction of sp³-hybridized carbons (Fsp3) is 0.840. The van der Waals surface area contributed by atoms with Gasteiger partial charge in [-0.15, -0.1) is 0 Å². The summed E-state index contributed by atoms with van der Waals surface area (Å²) in [5.74, 6) is 2.41. The SMILES string of the molecule is CN(C)CCCN(CCCCCCC1(CCCCCCN(CCCN(C)C)CCCN(C)C)C2=C(CC(C(C)(C)C)=C2)c2oc(C(C)(C)C)cc21)CCCN(C)C. The summed E-state index contributed by atoms with van der Waals surface area (Å²) in [5.41, 5.74) is 6.52. The quantitative estimate of drug-likeness (QED) is 0.0718. The van der Waals surface area contributed by atoms with Crippen LogP contribution in [0.3, 0.4) is 0 Å². The highest BCUT2D eigenvalue weighted by Gasteiger charge is 2.49. The number of hydrogen-bond donors (Lipinski definition) is 0. The van der Waals surface area contributed by atoms with Gasteiger partial charge in [-0.1, -0.05) is 91.7 Å². The van der Waals surface area contributed by atoms with Crippen molar-refractivity contribution in [1.82, 2.24) is 29.4 Å². The Kier molecular flexibility index (Phi) is 21.1. The largest absolute Gasteiger partial charge is 0.461 e. The predicted molar refractivity (Wildman–Crippen MR) is 250 cm³/mol. The molecule has 0 saturated carbocycles. The van der Waals surface area contributed by atoms with Crippen molar-refractivity contribution in [2.45, 2.75) is 149 Å². The molecular formula is C50H94N6O. The molecule has 0 aliphatic heterocycles. The van der Waals surface area contributed by atoms with Crippen LogP contribution in [0.4, 0.5) is 0 Å². The van der Waals surface area contributed by atoms with E-state index in [1.807, 2.05) is 0 Å². The predicted octanol–water partition coefficient (Wildman–Crippen LogP) is 10.3. The molecule has 1 aromatic heterocycles. The Morgan fingerprint density at radius 1 is 0.491 bits per heavy atom. The number of fused-ring (bicyclic) bond motifs is 2. The summed E-state index contributed by atoms with van der Waals surface area (Å²) >= 11 is 0. The first kappa shape index (κ1) is 49.9.